The third kappa shape index (κ3) is 5.64. The van der Waals surface area contributed by atoms with Gasteiger partial charge in [-0.05, 0) is 42.0 Å². The quantitative estimate of drug-likeness (QED) is 0.331. The van der Waals surface area contributed by atoms with Gasteiger partial charge in [-0.15, -0.1) is 0 Å². The van der Waals surface area contributed by atoms with Gasteiger partial charge >= 0.3 is 7.52 Å². The van der Waals surface area contributed by atoms with E-state index in [4.69, 9.17) is 4.52 Å². The van der Waals surface area contributed by atoms with E-state index in [9.17, 15) is 22.9 Å². The van der Waals surface area contributed by atoms with Crippen LogP contribution in [0.5, 0.6) is 5.75 Å². The number of hydrogen-bond donors (Lipinski definition) is 3. The van der Waals surface area contributed by atoms with Crippen molar-refractivity contribution in [1.82, 2.24) is 9.78 Å². The number of rotatable bonds is 9. The molecule has 37 heavy (non-hydrogen) atoms. The van der Waals surface area contributed by atoms with Crippen LogP contribution in [0.1, 0.15) is 32.3 Å². The summed E-state index contributed by atoms with van der Waals surface area (Å²) in [6, 6.07) is 6.12. The zero-order chi connectivity index (χ0) is 27.0. The highest BCUT2D eigenvalue weighted by Crippen LogP contribution is 2.52. The summed E-state index contributed by atoms with van der Waals surface area (Å²) in [5.74, 6) is -0.160. The zero-order valence-corrected chi connectivity index (χ0v) is 23.3. The molecule has 0 spiro atoms. The van der Waals surface area contributed by atoms with Gasteiger partial charge in [0.05, 0.1) is 17.2 Å². The average Bonchev–Trinajstić information content (AvgIpc) is 3.37. The van der Waals surface area contributed by atoms with E-state index in [1.807, 2.05) is 5.38 Å². The van der Waals surface area contributed by atoms with E-state index in [1.165, 1.54) is 41.3 Å². The van der Waals surface area contributed by atoms with Crippen LogP contribution in [0.15, 0.2) is 44.6 Å². The van der Waals surface area contributed by atoms with Crippen LogP contribution < -0.4 is 20.9 Å². The van der Waals surface area contributed by atoms with E-state index in [0.717, 1.165) is 12.7 Å². The second kappa shape index (κ2) is 10.4. The predicted octanol–water partition coefficient (Wildman–Crippen LogP) is 3.82. The van der Waals surface area contributed by atoms with Crippen LogP contribution in [0.3, 0.4) is 0 Å². The Hall–Kier alpha value is -2.99. The van der Waals surface area contributed by atoms with Crippen LogP contribution in [-0.2, 0) is 25.7 Å². The fourth-order valence-corrected chi connectivity index (χ4v) is 6.54. The Morgan fingerprint density at radius 3 is 2.70 bits per heavy atom. The van der Waals surface area contributed by atoms with Crippen LogP contribution in [0, 0.1) is 5.92 Å². The summed E-state index contributed by atoms with van der Waals surface area (Å²) in [6.07, 6.45) is 2.64. The number of sulfonamides is 1. The fourth-order valence-electron chi connectivity index (χ4n) is 3.81. The summed E-state index contributed by atoms with van der Waals surface area (Å²) in [4.78, 5) is 13.5. The lowest BCUT2D eigenvalue weighted by molar-refractivity contribution is 0.404. The van der Waals surface area contributed by atoms with E-state index in [-0.39, 0.29) is 28.1 Å². The first-order chi connectivity index (χ1) is 17.5. The van der Waals surface area contributed by atoms with Gasteiger partial charge in [0, 0.05) is 30.3 Å². The summed E-state index contributed by atoms with van der Waals surface area (Å²) < 4.78 is 50.3. The molecule has 1 aliphatic heterocycles. The van der Waals surface area contributed by atoms with Crippen LogP contribution >= 0.6 is 18.9 Å². The van der Waals surface area contributed by atoms with E-state index in [2.05, 4.69) is 33.7 Å². The SMILES string of the molecule is CCC(C)CCn1nc(-c2ccsc2)c(O)c(C2=NP(=O)(OC)c3cc(NS(C)(=O)=O)ccc3N2)c1=O. The van der Waals surface area contributed by atoms with Crippen molar-refractivity contribution in [3.05, 3.63) is 50.9 Å². The van der Waals surface area contributed by atoms with Crippen molar-refractivity contribution in [3.63, 3.8) is 0 Å². The van der Waals surface area contributed by atoms with Crippen molar-refractivity contribution in [2.24, 2.45) is 10.7 Å². The van der Waals surface area contributed by atoms with E-state index in [0.29, 0.717) is 30.1 Å². The molecule has 2 unspecified atom stereocenters. The minimum absolute atomic E-state index is 0.121. The number of thiophene rings is 1. The van der Waals surface area contributed by atoms with Gasteiger partial charge in [0.1, 0.15) is 11.3 Å². The molecule has 0 aliphatic carbocycles. The van der Waals surface area contributed by atoms with Gasteiger partial charge < -0.3 is 14.9 Å². The number of hydrogen-bond acceptors (Lipinski definition) is 9. The molecule has 3 heterocycles. The second-order valence-electron chi connectivity index (χ2n) is 8.80. The summed E-state index contributed by atoms with van der Waals surface area (Å²) in [5, 5.41) is 22.4. The molecule has 2 atom stereocenters. The Morgan fingerprint density at radius 2 is 2.08 bits per heavy atom. The van der Waals surface area contributed by atoms with Crippen molar-refractivity contribution < 1.29 is 22.6 Å². The van der Waals surface area contributed by atoms with Gasteiger partial charge in [-0.1, -0.05) is 20.3 Å². The molecule has 0 amide bonds. The summed E-state index contributed by atoms with van der Waals surface area (Å²) in [7, 11) is -6.32. The van der Waals surface area contributed by atoms with E-state index >= 15 is 0 Å². The number of aromatic nitrogens is 2. The Kier molecular flexibility index (Phi) is 7.61. The van der Waals surface area contributed by atoms with Gasteiger partial charge in [-0.25, -0.2) is 13.1 Å². The maximum Gasteiger partial charge on any atom is 0.348 e. The maximum atomic E-state index is 13.8. The van der Waals surface area contributed by atoms with Gasteiger partial charge in [-0.2, -0.15) is 21.2 Å². The lowest BCUT2D eigenvalue weighted by Crippen LogP contribution is -2.35. The number of amidine groups is 1. The molecule has 3 N–H and O–H groups in total. The highest BCUT2D eigenvalue weighted by molar-refractivity contribution is 7.92. The van der Waals surface area contributed by atoms with Crippen LogP contribution in [0.2, 0.25) is 0 Å². The number of fused-ring (bicyclic) bond motifs is 1. The number of nitrogens with one attached hydrogen (secondary N) is 2. The number of aromatic hydroxyl groups is 1. The van der Waals surface area contributed by atoms with Crippen molar-refractivity contribution in [2.75, 3.05) is 23.4 Å². The molecular weight excluding hydrogens is 537 g/mol. The molecule has 0 saturated heterocycles. The largest absolute Gasteiger partial charge is 0.505 e. The predicted molar refractivity (Wildman–Crippen MR) is 147 cm³/mol. The molecule has 0 radical (unpaired) electrons. The fraction of sp³-hybridized carbons (Fsp3) is 0.348. The molecule has 2 aromatic heterocycles. The number of anilines is 2. The van der Waals surface area contributed by atoms with Gasteiger partial charge in [0.2, 0.25) is 10.0 Å². The van der Waals surface area contributed by atoms with Gasteiger partial charge in [-0.3, -0.25) is 14.1 Å². The van der Waals surface area contributed by atoms with E-state index in [1.54, 1.807) is 11.4 Å². The van der Waals surface area contributed by atoms with Crippen molar-refractivity contribution in [3.8, 4) is 17.0 Å². The van der Waals surface area contributed by atoms with Crippen molar-refractivity contribution in [1.29, 1.82) is 0 Å². The Morgan fingerprint density at radius 1 is 1.32 bits per heavy atom. The summed E-state index contributed by atoms with van der Waals surface area (Å²) in [5.41, 5.74) is 0.541. The monoisotopic (exact) mass is 565 g/mol. The first kappa shape index (κ1) is 27.1. The molecule has 0 bridgehead atoms. The number of nitrogens with zero attached hydrogens (tertiary/aromatic N) is 3. The van der Waals surface area contributed by atoms with E-state index < -0.39 is 28.9 Å². The topological polar surface area (TPSA) is 152 Å². The molecule has 198 valence electrons. The maximum absolute atomic E-state index is 13.8. The van der Waals surface area contributed by atoms with Crippen molar-refractivity contribution in [2.45, 2.75) is 33.2 Å². The minimum atomic E-state index is -3.95. The minimum Gasteiger partial charge on any atom is -0.505 e. The number of aryl methyl sites for hydroxylation is 1. The Bertz CT molecular complexity index is 1570. The van der Waals surface area contributed by atoms with Gasteiger partial charge in [0.15, 0.2) is 11.6 Å². The number of benzene rings is 1. The summed E-state index contributed by atoms with van der Waals surface area (Å²) >= 11 is 1.42. The highest BCUT2D eigenvalue weighted by atomic mass is 32.2. The van der Waals surface area contributed by atoms with Crippen LogP contribution in [-0.4, -0.2) is 42.5 Å². The molecule has 4 rings (SSSR count). The first-order valence-corrected chi connectivity index (χ1v) is 15.9. The van der Waals surface area contributed by atoms with Crippen LogP contribution in [0.25, 0.3) is 11.3 Å². The highest BCUT2D eigenvalue weighted by Gasteiger charge is 2.36. The average molecular weight is 566 g/mol. The van der Waals surface area contributed by atoms with Crippen molar-refractivity contribution >= 4 is 51.4 Å². The van der Waals surface area contributed by atoms with Crippen LogP contribution in [0.4, 0.5) is 11.4 Å². The first-order valence-electron chi connectivity index (χ1n) is 11.5. The second-order valence-corrected chi connectivity index (χ2v) is 13.4. The lowest BCUT2D eigenvalue weighted by Gasteiger charge is -2.25. The third-order valence-electron chi connectivity index (χ3n) is 6.03. The molecular formula is C23H28N5O6PS2. The smallest absolute Gasteiger partial charge is 0.348 e. The standard InChI is InChI=1S/C23H28N5O6PS2/c1-5-14(2)8-10-28-23(30)19(21(29)20(25-28)15-9-11-36-13-15)22-24-17-7-6-16(27-37(4,32)33)12-18(17)35(31,26-22)34-3/h6-7,9,11-14,27,29H,5,8,10H2,1-4H3,(H,24,26,31). The molecule has 0 fully saturated rings. The molecule has 1 aromatic carbocycles. The normalized spacial score (nSPS) is 18.0. The molecule has 0 saturated carbocycles. The molecule has 1 aliphatic rings. The Balaban J connectivity index is 1.87. The zero-order valence-electron chi connectivity index (χ0n) is 20.8. The van der Waals surface area contributed by atoms with Gasteiger partial charge in [0.25, 0.3) is 5.56 Å². The molecule has 3 aromatic rings. The molecule has 14 heteroatoms. The third-order valence-corrected chi connectivity index (χ3v) is 9.26. The summed E-state index contributed by atoms with van der Waals surface area (Å²) in [6.45, 7) is 4.47. The lowest BCUT2D eigenvalue weighted by atomic mass is 10.1. The Labute approximate surface area is 218 Å². The molecule has 11 nitrogen and oxygen atoms in total.